The first kappa shape index (κ1) is 13.4. The van der Waals surface area contributed by atoms with Gasteiger partial charge in [0.15, 0.2) is 0 Å². The standard InChI is InChI=1S/C12H16N2O5/c1-12(2,3)19-11(17)14-5-7(6-14)9-13-4-8(18-9)10(15)16/h4,7H,5-6H2,1-3H3,(H,15,16). The van der Waals surface area contributed by atoms with Gasteiger partial charge in [0, 0.05) is 13.1 Å². The first-order chi connectivity index (χ1) is 8.76. The number of ether oxygens (including phenoxy) is 1. The smallest absolute Gasteiger partial charge is 0.410 e. The van der Waals surface area contributed by atoms with E-state index in [0.29, 0.717) is 19.0 Å². The van der Waals surface area contributed by atoms with Gasteiger partial charge in [-0.25, -0.2) is 14.6 Å². The molecule has 2 heterocycles. The van der Waals surface area contributed by atoms with Crippen molar-refractivity contribution in [3.8, 4) is 0 Å². The highest BCUT2D eigenvalue weighted by molar-refractivity contribution is 5.83. The fourth-order valence-electron chi connectivity index (χ4n) is 1.69. The molecule has 0 radical (unpaired) electrons. The predicted octanol–water partition coefficient (Wildman–Crippen LogP) is 1.71. The second-order valence-electron chi connectivity index (χ2n) is 5.45. The number of amides is 1. The lowest BCUT2D eigenvalue weighted by molar-refractivity contribution is 0.00582. The summed E-state index contributed by atoms with van der Waals surface area (Å²) in [5.74, 6) is -1.06. The van der Waals surface area contributed by atoms with Crippen LogP contribution in [-0.4, -0.2) is 45.7 Å². The number of carbonyl (C=O) groups excluding carboxylic acids is 1. The van der Waals surface area contributed by atoms with Crippen LogP contribution in [-0.2, 0) is 4.74 Å². The average Bonchev–Trinajstić information content (AvgIpc) is 2.61. The van der Waals surface area contributed by atoms with E-state index >= 15 is 0 Å². The molecular weight excluding hydrogens is 252 g/mol. The van der Waals surface area contributed by atoms with Crippen LogP contribution >= 0.6 is 0 Å². The molecule has 1 saturated heterocycles. The maximum Gasteiger partial charge on any atom is 0.410 e. The predicted molar refractivity (Wildman–Crippen MR) is 64.0 cm³/mol. The molecule has 1 aromatic rings. The van der Waals surface area contributed by atoms with Crippen molar-refractivity contribution < 1.29 is 23.8 Å². The topological polar surface area (TPSA) is 92.9 Å². The molecule has 1 fully saturated rings. The fraction of sp³-hybridized carbons (Fsp3) is 0.583. The van der Waals surface area contributed by atoms with Crippen LogP contribution in [0.4, 0.5) is 4.79 Å². The summed E-state index contributed by atoms with van der Waals surface area (Å²) in [6.07, 6.45) is 0.794. The number of likely N-dealkylation sites (tertiary alicyclic amines) is 1. The molecule has 7 heteroatoms. The van der Waals surface area contributed by atoms with E-state index < -0.39 is 11.6 Å². The molecule has 19 heavy (non-hydrogen) atoms. The van der Waals surface area contributed by atoms with Gasteiger partial charge in [0.1, 0.15) is 5.60 Å². The summed E-state index contributed by atoms with van der Waals surface area (Å²) in [6.45, 7) is 6.25. The molecule has 1 aliphatic rings. The monoisotopic (exact) mass is 268 g/mol. The Hall–Kier alpha value is -2.05. The lowest BCUT2D eigenvalue weighted by Crippen LogP contribution is -2.50. The third-order valence-electron chi connectivity index (χ3n) is 2.62. The first-order valence-corrected chi connectivity index (χ1v) is 5.93. The summed E-state index contributed by atoms with van der Waals surface area (Å²) in [4.78, 5) is 27.8. The number of hydrogen-bond donors (Lipinski definition) is 1. The Bertz CT molecular complexity index is 496. The molecule has 2 rings (SSSR count). The second-order valence-corrected chi connectivity index (χ2v) is 5.45. The Kier molecular flexibility index (Phi) is 3.21. The van der Waals surface area contributed by atoms with Crippen molar-refractivity contribution >= 4 is 12.1 Å². The highest BCUT2D eigenvalue weighted by Crippen LogP contribution is 2.28. The molecule has 0 saturated carbocycles. The van der Waals surface area contributed by atoms with Crippen molar-refractivity contribution in [2.75, 3.05) is 13.1 Å². The summed E-state index contributed by atoms with van der Waals surface area (Å²) in [6, 6.07) is 0. The molecule has 1 aromatic heterocycles. The summed E-state index contributed by atoms with van der Waals surface area (Å²) in [5, 5.41) is 8.72. The van der Waals surface area contributed by atoms with Gasteiger partial charge in [-0.15, -0.1) is 0 Å². The van der Waals surface area contributed by atoms with Crippen molar-refractivity contribution in [1.29, 1.82) is 0 Å². The minimum atomic E-state index is -1.15. The van der Waals surface area contributed by atoms with Gasteiger partial charge in [0.25, 0.3) is 0 Å². The molecule has 0 spiro atoms. The molecule has 104 valence electrons. The zero-order chi connectivity index (χ0) is 14.2. The van der Waals surface area contributed by atoms with Crippen molar-refractivity contribution in [3.63, 3.8) is 0 Å². The van der Waals surface area contributed by atoms with Gasteiger partial charge in [0.05, 0.1) is 12.1 Å². The van der Waals surface area contributed by atoms with Gasteiger partial charge in [-0.2, -0.15) is 0 Å². The van der Waals surface area contributed by atoms with Crippen molar-refractivity contribution in [3.05, 3.63) is 17.8 Å². The van der Waals surface area contributed by atoms with Gasteiger partial charge in [-0.3, -0.25) is 0 Å². The molecule has 7 nitrogen and oxygen atoms in total. The van der Waals surface area contributed by atoms with Crippen LogP contribution in [0, 0.1) is 0 Å². The molecule has 1 amide bonds. The third-order valence-corrected chi connectivity index (χ3v) is 2.62. The Morgan fingerprint density at radius 2 is 2.11 bits per heavy atom. The largest absolute Gasteiger partial charge is 0.475 e. The number of aromatic nitrogens is 1. The van der Waals surface area contributed by atoms with E-state index in [1.54, 1.807) is 20.8 Å². The Morgan fingerprint density at radius 1 is 1.47 bits per heavy atom. The Balaban J connectivity index is 1.89. The number of carboxylic acid groups (broad SMARTS) is 1. The lowest BCUT2D eigenvalue weighted by atomic mass is 10.0. The highest BCUT2D eigenvalue weighted by atomic mass is 16.6. The minimum absolute atomic E-state index is 0.0689. The molecular formula is C12H16N2O5. The quantitative estimate of drug-likeness (QED) is 0.877. The highest BCUT2D eigenvalue weighted by Gasteiger charge is 2.37. The molecule has 1 aliphatic heterocycles. The molecule has 1 N–H and O–H groups in total. The normalized spacial score (nSPS) is 16.1. The van der Waals surface area contributed by atoms with Crippen LogP contribution < -0.4 is 0 Å². The van der Waals surface area contributed by atoms with E-state index in [9.17, 15) is 9.59 Å². The van der Waals surface area contributed by atoms with Crippen LogP contribution in [0.2, 0.25) is 0 Å². The van der Waals surface area contributed by atoms with E-state index in [1.165, 1.54) is 11.1 Å². The van der Waals surface area contributed by atoms with Crippen molar-refractivity contribution in [2.45, 2.75) is 32.3 Å². The Morgan fingerprint density at radius 3 is 2.58 bits per heavy atom. The molecule has 0 atom stereocenters. The van der Waals surface area contributed by atoms with E-state index in [4.69, 9.17) is 14.3 Å². The Labute approximate surface area is 110 Å². The number of hydrogen-bond acceptors (Lipinski definition) is 5. The van der Waals surface area contributed by atoms with Gasteiger partial charge >= 0.3 is 12.1 Å². The number of rotatable bonds is 2. The number of oxazole rings is 1. The van der Waals surface area contributed by atoms with E-state index in [0.717, 1.165) is 0 Å². The van der Waals surface area contributed by atoms with E-state index in [-0.39, 0.29) is 17.8 Å². The number of carboxylic acids is 1. The van der Waals surface area contributed by atoms with Crippen LogP contribution in [0.15, 0.2) is 10.6 Å². The molecule has 0 unspecified atom stereocenters. The van der Waals surface area contributed by atoms with Gasteiger partial charge in [-0.1, -0.05) is 0 Å². The van der Waals surface area contributed by atoms with Crippen LogP contribution in [0.1, 0.15) is 43.1 Å². The molecule has 0 aliphatic carbocycles. The van der Waals surface area contributed by atoms with E-state index in [2.05, 4.69) is 4.98 Å². The number of carbonyl (C=O) groups is 2. The summed E-state index contributed by atoms with van der Waals surface area (Å²) >= 11 is 0. The summed E-state index contributed by atoms with van der Waals surface area (Å²) < 4.78 is 10.3. The molecule has 0 aromatic carbocycles. The summed E-state index contributed by atoms with van der Waals surface area (Å²) in [7, 11) is 0. The summed E-state index contributed by atoms with van der Waals surface area (Å²) in [5.41, 5.74) is -0.526. The van der Waals surface area contributed by atoms with Gasteiger partial charge in [-0.05, 0) is 20.8 Å². The first-order valence-electron chi connectivity index (χ1n) is 5.93. The maximum atomic E-state index is 11.7. The van der Waals surface area contributed by atoms with Crippen LogP contribution in [0.3, 0.4) is 0 Å². The number of nitrogens with zero attached hydrogens (tertiary/aromatic N) is 2. The van der Waals surface area contributed by atoms with E-state index in [1.807, 2.05) is 0 Å². The van der Waals surface area contributed by atoms with Gasteiger partial charge in [0.2, 0.25) is 11.7 Å². The third kappa shape index (κ3) is 3.04. The maximum absolute atomic E-state index is 11.7. The fourth-order valence-corrected chi connectivity index (χ4v) is 1.69. The molecule has 0 bridgehead atoms. The minimum Gasteiger partial charge on any atom is -0.475 e. The van der Waals surface area contributed by atoms with Crippen molar-refractivity contribution in [2.24, 2.45) is 0 Å². The zero-order valence-corrected chi connectivity index (χ0v) is 11.0. The number of aromatic carboxylic acids is 1. The average molecular weight is 268 g/mol. The van der Waals surface area contributed by atoms with Crippen molar-refractivity contribution in [1.82, 2.24) is 9.88 Å². The zero-order valence-electron chi connectivity index (χ0n) is 11.0. The van der Waals surface area contributed by atoms with Crippen LogP contribution in [0.25, 0.3) is 0 Å². The second kappa shape index (κ2) is 4.56. The van der Waals surface area contributed by atoms with Gasteiger partial charge < -0.3 is 19.2 Å². The van der Waals surface area contributed by atoms with Crippen LogP contribution in [0.5, 0.6) is 0 Å². The lowest BCUT2D eigenvalue weighted by Gasteiger charge is -2.38. The SMILES string of the molecule is CC(C)(C)OC(=O)N1CC(c2ncc(C(=O)O)o2)C1.